The van der Waals surface area contributed by atoms with E-state index in [9.17, 15) is 0 Å². The number of rotatable bonds is 13. The molecule has 0 unspecified atom stereocenters. The molecule has 0 saturated heterocycles. The quantitative estimate of drug-likeness (QED) is 0.195. The fourth-order valence-corrected chi connectivity index (χ4v) is 2.96. The van der Waals surface area contributed by atoms with Crippen molar-refractivity contribution in [2.75, 3.05) is 4.43 Å². The molecule has 0 spiro atoms. The average molecular weight is 352 g/mol. The zero-order valence-corrected chi connectivity index (χ0v) is 14.3. The van der Waals surface area contributed by atoms with E-state index in [1.54, 1.807) is 0 Å². The maximum atomic E-state index is 2.52. The first kappa shape index (κ1) is 17.7. The summed E-state index contributed by atoms with van der Waals surface area (Å²) in [5.41, 5.74) is 0. The predicted octanol–water partition coefficient (Wildman–Crippen LogP) is 6.76. The third-order valence-electron chi connectivity index (χ3n) is 3.68. The lowest BCUT2D eigenvalue weighted by Gasteiger charge is -2.16. The highest BCUT2D eigenvalue weighted by Gasteiger charge is 2.07. The molecule has 0 aliphatic carbocycles. The molecular formula is C16H33I. The second kappa shape index (κ2) is 14.8. The van der Waals surface area contributed by atoms with Crippen molar-refractivity contribution >= 4 is 22.6 Å². The lowest BCUT2D eigenvalue weighted by molar-refractivity contribution is 0.381. The highest BCUT2D eigenvalue weighted by atomic mass is 127. The van der Waals surface area contributed by atoms with Gasteiger partial charge in [-0.25, -0.2) is 0 Å². The molecule has 17 heavy (non-hydrogen) atoms. The smallest absolute Gasteiger partial charge is 0.000463 e. The van der Waals surface area contributed by atoms with Crippen molar-refractivity contribution in [3.63, 3.8) is 0 Å². The van der Waals surface area contributed by atoms with Gasteiger partial charge < -0.3 is 0 Å². The third kappa shape index (κ3) is 13.0. The van der Waals surface area contributed by atoms with Crippen molar-refractivity contribution in [3.05, 3.63) is 0 Å². The lowest BCUT2D eigenvalue weighted by Crippen LogP contribution is -2.01. The van der Waals surface area contributed by atoms with Gasteiger partial charge in [-0.2, -0.15) is 0 Å². The molecule has 0 aromatic heterocycles. The molecule has 1 heteroatoms. The summed E-state index contributed by atoms with van der Waals surface area (Å²) in [5, 5.41) is 0. The van der Waals surface area contributed by atoms with Gasteiger partial charge in [-0.1, -0.05) is 101 Å². The van der Waals surface area contributed by atoms with Crippen molar-refractivity contribution in [2.45, 2.75) is 90.9 Å². The summed E-state index contributed by atoms with van der Waals surface area (Å²) in [6.07, 6.45) is 17.4. The molecule has 0 fully saturated rings. The molecule has 0 aliphatic rings. The first-order chi connectivity index (χ1) is 8.35. The van der Waals surface area contributed by atoms with Gasteiger partial charge >= 0.3 is 0 Å². The molecule has 0 saturated carbocycles. The van der Waals surface area contributed by atoms with Gasteiger partial charge in [0.05, 0.1) is 0 Å². The van der Waals surface area contributed by atoms with Gasteiger partial charge in [0.15, 0.2) is 0 Å². The first-order valence-corrected chi connectivity index (χ1v) is 9.43. The minimum absolute atomic E-state index is 1.04. The van der Waals surface area contributed by atoms with E-state index in [1.807, 2.05) is 0 Å². The molecular weight excluding hydrogens is 319 g/mol. The maximum absolute atomic E-state index is 2.52. The van der Waals surface area contributed by atoms with Crippen LogP contribution in [-0.2, 0) is 0 Å². The normalized spacial score (nSPS) is 11.3. The van der Waals surface area contributed by atoms with E-state index in [0.29, 0.717) is 0 Å². The van der Waals surface area contributed by atoms with Crippen LogP contribution < -0.4 is 0 Å². The molecule has 0 nitrogen and oxygen atoms in total. The van der Waals surface area contributed by atoms with Gasteiger partial charge in [0.2, 0.25) is 0 Å². The zero-order valence-electron chi connectivity index (χ0n) is 12.1. The average Bonchev–Trinajstić information content (AvgIpc) is 2.35. The van der Waals surface area contributed by atoms with Crippen molar-refractivity contribution in [2.24, 2.45) is 5.92 Å². The number of halogens is 1. The van der Waals surface area contributed by atoms with Crippen LogP contribution in [-0.4, -0.2) is 4.43 Å². The van der Waals surface area contributed by atoms with Crippen LogP contribution in [0.5, 0.6) is 0 Å². The minimum atomic E-state index is 1.04. The molecule has 0 aromatic rings. The molecule has 0 radical (unpaired) electrons. The molecule has 0 heterocycles. The standard InChI is InChI=1S/C16H33I/c1-3-5-7-9-12-16(14-11-15-17)13-10-8-6-4-2/h16H,3-15H2,1-2H3. The maximum Gasteiger partial charge on any atom is -0.000463 e. The van der Waals surface area contributed by atoms with Crippen molar-refractivity contribution in [1.29, 1.82) is 0 Å². The summed E-state index contributed by atoms with van der Waals surface area (Å²) in [4.78, 5) is 0. The Morgan fingerprint density at radius 3 is 1.53 bits per heavy atom. The Morgan fingerprint density at radius 1 is 0.647 bits per heavy atom. The highest BCUT2D eigenvalue weighted by molar-refractivity contribution is 14.1. The fraction of sp³-hybridized carbons (Fsp3) is 1.00. The Hall–Kier alpha value is 0.730. The fourth-order valence-electron chi connectivity index (χ4n) is 2.52. The van der Waals surface area contributed by atoms with Crippen LogP contribution in [0.15, 0.2) is 0 Å². The van der Waals surface area contributed by atoms with Crippen LogP contribution in [0.1, 0.15) is 90.9 Å². The number of hydrogen-bond acceptors (Lipinski definition) is 0. The van der Waals surface area contributed by atoms with Gasteiger partial charge in [0, 0.05) is 0 Å². The number of unbranched alkanes of at least 4 members (excludes halogenated alkanes) is 6. The Morgan fingerprint density at radius 2 is 1.12 bits per heavy atom. The monoisotopic (exact) mass is 352 g/mol. The van der Waals surface area contributed by atoms with E-state index in [-0.39, 0.29) is 0 Å². The minimum Gasteiger partial charge on any atom is -0.0864 e. The molecule has 0 atom stereocenters. The van der Waals surface area contributed by atoms with E-state index in [1.165, 1.54) is 81.5 Å². The van der Waals surface area contributed by atoms with Crippen LogP contribution >= 0.6 is 22.6 Å². The van der Waals surface area contributed by atoms with Crippen molar-refractivity contribution in [1.82, 2.24) is 0 Å². The second-order valence-electron chi connectivity index (χ2n) is 5.40. The molecule has 104 valence electrons. The van der Waals surface area contributed by atoms with Crippen LogP contribution in [0.25, 0.3) is 0 Å². The van der Waals surface area contributed by atoms with E-state index in [4.69, 9.17) is 0 Å². The summed E-state index contributed by atoms with van der Waals surface area (Å²) in [7, 11) is 0. The van der Waals surface area contributed by atoms with Crippen molar-refractivity contribution in [3.8, 4) is 0 Å². The largest absolute Gasteiger partial charge is 0.0864 e. The van der Waals surface area contributed by atoms with Crippen LogP contribution in [0.2, 0.25) is 0 Å². The Bertz CT molecular complexity index is 121. The molecule has 0 N–H and O–H groups in total. The van der Waals surface area contributed by atoms with Gasteiger partial charge in [-0.3, -0.25) is 0 Å². The predicted molar refractivity (Wildman–Crippen MR) is 89.1 cm³/mol. The Kier molecular flexibility index (Phi) is 15.4. The molecule has 0 aliphatic heterocycles. The molecule has 0 aromatic carbocycles. The molecule has 0 bridgehead atoms. The highest BCUT2D eigenvalue weighted by Crippen LogP contribution is 2.23. The topological polar surface area (TPSA) is 0 Å². The summed E-state index contributed by atoms with van der Waals surface area (Å²) < 4.78 is 1.35. The summed E-state index contributed by atoms with van der Waals surface area (Å²) in [6.45, 7) is 4.61. The lowest BCUT2D eigenvalue weighted by atomic mass is 9.91. The first-order valence-electron chi connectivity index (χ1n) is 7.91. The Labute approximate surface area is 123 Å². The van der Waals surface area contributed by atoms with Gasteiger partial charge in [0.1, 0.15) is 0 Å². The van der Waals surface area contributed by atoms with Crippen molar-refractivity contribution < 1.29 is 0 Å². The van der Waals surface area contributed by atoms with E-state index < -0.39 is 0 Å². The third-order valence-corrected chi connectivity index (χ3v) is 4.44. The SMILES string of the molecule is CCCCCCC(CCCI)CCCCCC. The van der Waals surface area contributed by atoms with E-state index >= 15 is 0 Å². The van der Waals surface area contributed by atoms with E-state index in [0.717, 1.165) is 5.92 Å². The van der Waals surface area contributed by atoms with Gasteiger partial charge in [-0.15, -0.1) is 0 Å². The Balaban J connectivity index is 3.56. The van der Waals surface area contributed by atoms with E-state index in [2.05, 4.69) is 36.4 Å². The number of alkyl halides is 1. The molecule has 0 amide bonds. The summed E-state index contributed by atoms with van der Waals surface area (Å²) >= 11 is 2.52. The molecule has 0 rings (SSSR count). The second-order valence-corrected chi connectivity index (χ2v) is 6.47. The number of hydrogen-bond donors (Lipinski definition) is 0. The van der Waals surface area contributed by atoms with Crippen LogP contribution in [0.4, 0.5) is 0 Å². The summed E-state index contributed by atoms with van der Waals surface area (Å²) in [5.74, 6) is 1.04. The van der Waals surface area contributed by atoms with Crippen LogP contribution in [0.3, 0.4) is 0 Å². The van der Waals surface area contributed by atoms with Gasteiger partial charge in [0.25, 0.3) is 0 Å². The van der Waals surface area contributed by atoms with Crippen LogP contribution in [0, 0.1) is 5.92 Å². The summed E-state index contributed by atoms with van der Waals surface area (Å²) in [6, 6.07) is 0. The van der Waals surface area contributed by atoms with Gasteiger partial charge in [-0.05, 0) is 23.2 Å². The zero-order chi connectivity index (χ0) is 12.8.